The highest BCUT2D eigenvalue weighted by Gasteiger charge is 2.19. The fourth-order valence-corrected chi connectivity index (χ4v) is 1.38. The molecule has 1 N–H and O–H groups in total. The molecule has 0 unspecified atom stereocenters. The van der Waals surface area contributed by atoms with Gasteiger partial charge in [0.2, 0.25) is 0 Å². The second kappa shape index (κ2) is 4.43. The predicted octanol–water partition coefficient (Wildman–Crippen LogP) is 1.87. The summed E-state index contributed by atoms with van der Waals surface area (Å²) in [5.41, 5.74) is -0.898. The van der Waals surface area contributed by atoms with Crippen molar-refractivity contribution in [1.29, 1.82) is 5.26 Å². The van der Waals surface area contributed by atoms with E-state index in [1.807, 2.05) is 0 Å². The zero-order chi connectivity index (χ0) is 11.4. The predicted molar refractivity (Wildman–Crippen MR) is 51.5 cm³/mol. The van der Waals surface area contributed by atoms with Gasteiger partial charge in [0.1, 0.15) is 11.0 Å². The lowest BCUT2D eigenvalue weighted by atomic mass is 10.2. The number of benzene rings is 1. The molecule has 0 radical (unpaired) electrons. The number of rotatable bonds is 3. The van der Waals surface area contributed by atoms with Crippen LogP contribution in [0.3, 0.4) is 0 Å². The highest BCUT2D eigenvalue weighted by Crippen LogP contribution is 2.25. The van der Waals surface area contributed by atoms with Crippen molar-refractivity contribution in [2.45, 2.75) is 4.90 Å². The molecule has 0 bridgehead atoms. The molecule has 1 aromatic carbocycles. The van der Waals surface area contributed by atoms with Crippen molar-refractivity contribution in [3.05, 3.63) is 33.9 Å². The Hall–Kier alpha value is -2.07. The van der Waals surface area contributed by atoms with Crippen LogP contribution < -0.4 is 0 Å². The van der Waals surface area contributed by atoms with Gasteiger partial charge in [-0.3, -0.25) is 10.1 Å². The molecule has 1 rings (SSSR count). The van der Waals surface area contributed by atoms with Gasteiger partial charge in [0.15, 0.2) is 0 Å². The average Bonchev–Trinajstić information content (AvgIpc) is 2.17. The van der Waals surface area contributed by atoms with Crippen molar-refractivity contribution in [2.24, 2.45) is 0 Å². The van der Waals surface area contributed by atoms with Crippen LogP contribution in [-0.2, 0) is 0 Å². The Morgan fingerprint density at radius 3 is 2.73 bits per heavy atom. The number of nitro benzene ring substituents is 1. The van der Waals surface area contributed by atoms with Crippen LogP contribution in [0.4, 0.5) is 5.69 Å². The van der Waals surface area contributed by atoms with E-state index in [1.165, 1.54) is 6.07 Å². The molecular weight excluding hydrogens is 221 g/mol. The summed E-state index contributed by atoms with van der Waals surface area (Å²) in [4.78, 5) is 20.7. The number of thioether (sulfide) groups is 1. The fourth-order valence-electron chi connectivity index (χ4n) is 0.962. The zero-order valence-corrected chi connectivity index (χ0v) is 8.02. The number of nitrogens with zero attached hydrogens (tertiary/aromatic N) is 2. The molecule has 0 aliphatic carbocycles. The maximum Gasteiger partial charge on any atom is 0.342 e. The molecule has 0 atom stereocenters. The van der Waals surface area contributed by atoms with E-state index in [4.69, 9.17) is 10.4 Å². The summed E-state index contributed by atoms with van der Waals surface area (Å²) in [6.07, 6.45) is 0. The highest BCUT2D eigenvalue weighted by atomic mass is 32.2. The summed E-state index contributed by atoms with van der Waals surface area (Å²) in [7, 11) is 0. The number of thiocyanates is 1. The average molecular weight is 225 g/mol. The van der Waals surface area contributed by atoms with Crippen molar-refractivity contribution < 1.29 is 14.8 Å². The Labute approximate surface area is 88.3 Å². The maximum atomic E-state index is 10.7. The molecule has 0 aromatic heterocycles. The van der Waals surface area contributed by atoms with E-state index < -0.39 is 22.1 Å². The lowest BCUT2D eigenvalue weighted by Gasteiger charge is -1.99. The van der Waals surface area contributed by atoms with Crippen LogP contribution in [-0.4, -0.2) is 16.0 Å². The van der Waals surface area contributed by atoms with Crippen LogP contribution in [0, 0.1) is 20.8 Å². The molecule has 1 aromatic rings. The first-order valence-electron chi connectivity index (χ1n) is 3.64. The van der Waals surface area contributed by atoms with E-state index in [0.717, 1.165) is 23.9 Å². The molecule has 76 valence electrons. The SMILES string of the molecule is N#[13C]Sc1ccc([N+](=O)[O-])c(C(=O)O)c1. The van der Waals surface area contributed by atoms with Gasteiger partial charge in [0.05, 0.1) is 4.92 Å². The Bertz CT molecular complexity index is 466. The minimum atomic E-state index is -1.39. The second-order valence-corrected chi connectivity index (χ2v) is 3.29. The Morgan fingerprint density at radius 1 is 1.60 bits per heavy atom. The molecule has 0 aliphatic heterocycles. The van der Waals surface area contributed by atoms with Crippen LogP contribution >= 0.6 is 11.8 Å². The molecule has 0 amide bonds. The lowest BCUT2D eigenvalue weighted by Crippen LogP contribution is -2.02. The van der Waals surface area contributed by atoms with Crippen LogP contribution in [0.2, 0.25) is 0 Å². The highest BCUT2D eigenvalue weighted by molar-refractivity contribution is 8.03. The van der Waals surface area contributed by atoms with Gasteiger partial charge >= 0.3 is 5.97 Å². The quantitative estimate of drug-likeness (QED) is 0.277. The number of aromatic carboxylic acids is 1. The number of carboxylic acid groups (broad SMARTS) is 1. The number of carboxylic acids is 1. The summed E-state index contributed by atoms with van der Waals surface area (Å²) in [5.74, 6) is -1.39. The summed E-state index contributed by atoms with van der Waals surface area (Å²) in [6, 6.07) is 3.51. The Morgan fingerprint density at radius 2 is 2.27 bits per heavy atom. The van der Waals surface area contributed by atoms with Crippen LogP contribution in [0.5, 0.6) is 0 Å². The summed E-state index contributed by atoms with van der Waals surface area (Å²) in [5, 5.41) is 29.3. The van der Waals surface area contributed by atoms with Crippen LogP contribution in [0.25, 0.3) is 0 Å². The van der Waals surface area contributed by atoms with Crippen molar-refractivity contribution in [1.82, 2.24) is 0 Å². The summed E-state index contributed by atoms with van der Waals surface area (Å²) >= 11 is 0.747. The lowest BCUT2D eigenvalue weighted by molar-refractivity contribution is -0.385. The van der Waals surface area contributed by atoms with Crippen LogP contribution in [0.15, 0.2) is 23.1 Å². The molecule has 0 saturated carbocycles. The minimum Gasteiger partial charge on any atom is -0.477 e. The molecule has 6 nitrogen and oxygen atoms in total. The van der Waals surface area contributed by atoms with Crippen molar-refractivity contribution >= 4 is 23.4 Å². The minimum absolute atomic E-state index is 0.362. The smallest absolute Gasteiger partial charge is 0.342 e. The molecule has 0 fully saturated rings. The first-order valence-corrected chi connectivity index (χ1v) is 4.45. The summed E-state index contributed by atoms with van der Waals surface area (Å²) in [6.45, 7) is 0. The third-order valence-electron chi connectivity index (χ3n) is 1.56. The molecule has 7 heteroatoms. The second-order valence-electron chi connectivity index (χ2n) is 2.43. The van der Waals surface area contributed by atoms with E-state index >= 15 is 0 Å². The molecule has 0 spiro atoms. The monoisotopic (exact) mass is 225 g/mol. The van der Waals surface area contributed by atoms with Gasteiger partial charge in [-0.2, -0.15) is 5.26 Å². The molecular formula is C8H4N2O4S. The number of nitro groups is 1. The molecule has 15 heavy (non-hydrogen) atoms. The number of hydrogen-bond donors (Lipinski definition) is 1. The van der Waals surface area contributed by atoms with Gasteiger partial charge in [-0.15, -0.1) is 0 Å². The first kappa shape index (κ1) is 11.0. The van der Waals surface area contributed by atoms with Gasteiger partial charge in [-0.1, -0.05) is 0 Å². The van der Waals surface area contributed by atoms with E-state index in [9.17, 15) is 14.9 Å². The number of hydrogen-bond acceptors (Lipinski definition) is 5. The van der Waals surface area contributed by atoms with E-state index in [1.54, 1.807) is 5.40 Å². The van der Waals surface area contributed by atoms with Gasteiger partial charge < -0.3 is 5.11 Å². The van der Waals surface area contributed by atoms with Crippen molar-refractivity contribution in [3.63, 3.8) is 0 Å². The Kier molecular flexibility index (Phi) is 3.25. The summed E-state index contributed by atoms with van der Waals surface area (Å²) < 4.78 is 0. The van der Waals surface area contributed by atoms with Gasteiger partial charge in [0.25, 0.3) is 5.69 Å². The molecule has 0 heterocycles. The topological polar surface area (TPSA) is 104 Å². The maximum absolute atomic E-state index is 10.7. The van der Waals surface area contributed by atoms with Crippen molar-refractivity contribution in [3.8, 4) is 5.40 Å². The zero-order valence-electron chi connectivity index (χ0n) is 7.21. The van der Waals surface area contributed by atoms with Crippen LogP contribution in [0.1, 0.15) is 10.4 Å². The standard InChI is InChI=1S/C8H4N2O4S/c9-4-15-5-1-2-7(10(13)14)6(3-5)8(11)12/h1-3H,(H,11,12)/i4+1. The van der Waals surface area contributed by atoms with Gasteiger partial charge in [-0.25, -0.2) is 4.79 Å². The molecule has 0 saturated heterocycles. The van der Waals surface area contributed by atoms with Crippen molar-refractivity contribution in [2.75, 3.05) is 0 Å². The van der Waals surface area contributed by atoms with Gasteiger partial charge in [0, 0.05) is 11.0 Å². The van der Waals surface area contributed by atoms with Gasteiger partial charge in [-0.05, 0) is 23.9 Å². The third kappa shape index (κ3) is 2.45. The first-order chi connectivity index (χ1) is 7.06. The van der Waals surface area contributed by atoms with E-state index in [0.29, 0.717) is 4.90 Å². The largest absolute Gasteiger partial charge is 0.477 e. The Balaban J connectivity index is 3.28. The number of nitriles is 1. The fraction of sp³-hybridized carbons (Fsp3) is 0. The third-order valence-corrected chi connectivity index (χ3v) is 2.14. The molecule has 0 aliphatic rings. The van der Waals surface area contributed by atoms with E-state index in [-0.39, 0.29) is 0 Å². The normalized spacial score (nSPS) is 9.27. The number of carbonyl (C=O) groups is 1. The van der Waals surface area contributed by atoms with E-state index in [2.05, 4.69) is 0 Å².